The van der Waals surface area contributed by atoms with Crippen LogP contribution in [0.3, 0.4) is 0 Å². The van der Waals surface area contributed by atoms with E-state index in [4.69, 9.17) is 0 Å². The summed E-state index contributed by atoms with van der Waals surface area (Å²) in [5, 5.41) is 0. The smallest absolute Gasteiger partial charge is 0.269 e. The Kier molecular flexibility index (Phi) is 5.12. The van der Waals surface area contributed by atoms with Gasteiger partial charge in [-0.05, 0) is 12.8 Å². The molecule has 0 saturated carbocycles. The van der Waals surface area contributed by atoms with Crippen molar-refractivity contribution in [3.8, 4) is 0 Å². The van der Waals surface area contributed by atoms with E-state index in [1.54, 1.807) is 6.92 Å². The van der Waals surface area contributed by atoms with Crippen molar-refractivity contribution in [2.45, 2.75) is 31.3 Å². The highest BCUT2D eigenvalue weighted by molar-refractivity contribution is 8.02. The third-order valence-corrected chi connectivity index (χ3v) is 3.77. The number of rotatable bonds is 5. The van der Waals surface area contributed by atoms with Crippen LogP contribution in [0.15, 0.2) is 0 Å². The molecule has 0 fully saturated rings. The second-order valence-electron chi connectivity index (χ2n) is 2.18. The van der Waals surface area contributed by atoms with Gasteiger partial charge in [-0.3, -0.25) is 4.18 Å². The lowest BCUT2D eigenvalue weighted by molar-refractivity contribution is 0.316. The lowest BCUT2D eigenvalue weighted by Crippen LogP contribution is -2.17. The van der Waals surface area contributed by atoms with Gasteiger partial charge in [0.2, 0.25) is 0 Å². The Bertz CT molecular complexity index is 186. The van der Waals surface area contributed by atoms with Gasteiger partial charge in [0.25, 0.3) is 10.1 Å². The fraction of sp³-hybridized carbons (Fsp3) is 1.00. The predicted octanol–water partition coefficient (Wildman–Crippen LogP) is 1.41. The summed E-state index contributed by atoms with van der Waals surface area (Å²) in [5.74, 6) is 0. The highest BCUT2D eigenvalue weighted by Gasteiger charge is 2.19. The molecular weight excluding hydrogens is 184 g/mol. The quantitative estimate of drug-likeness (QED) is 0.536. The fourth-order valence-corrected chi connectivity index (χ4v) is 1.63. The zero-order valence-corrected chi connectivity index (χ0v) is 8.49. The van der Waals surface area contributed by atoms with E-state index < -0.39 is 14.7 Å². The lowest BCUT2D eigenvalue weighted by Gasteiger charge is -2.08. The molecule has 0 bridgehead atoms. The third-order valence-electron chi connectivity index (χ3n) is 1.13. The summed E-state index contributed by atoms with van der Waals surface area (Å²) in [7, 11) is -3.41. The van der Waals surface area contributed by atoms with Gasteiger partial charge in [0.1, 0.15) is 4.58 Å². The molecule has 68 valence electrons. The van der Waals surface area contributed by atoms with E-state index in [9.17, 15) is 8.42 Å². The Labute approximate surface area is 73.7 Å². The summed E-state index contributed by atoms with van der Waals surface area (Å²) in [6.07, 6.45) is 1.17. The molecule has 0 saturated heterocycles. The Morgan fingerprint density at radius 2 is 2.00 bits per heavy atom. The van der Waals surface area contributed by atoms with Crippen molar-refractivity contribution in [3.05, 3.63) is 0 Å². The number of thiol groups is 1. The van der Waals surface area contributed by atoms with Crippen molar-refractivity contribution < 1.29 is 12.6 Å². The summed E-state index contributed by atoms with van der Waals surface area (Å²) < 4.78 is 26.0. The maximum atomic E-state index is 11.0. The van der Waals surface area contributed by atoms with Gasteiger partial charge in [-0.25, -0.2) is 0 Å². The first kappa shape index (κ1) is 11.3. The highest BCUT2D eigenvalue weighted by atomic mass is 32.3. The van der Waals surface area contributed by atoms with Gasteiger partial charge in [0, 0.05) is 0 Å². The van der Waals surface area contributed by atoms with E-state index in [0.29, 0.717) is 12.8 Å². The molecule has 0 amide bonds. The van der Waals surface area contributed by atoms with Gasteiger partial charge in [-0.2, -0.15) is 21.0 Å². The van der Waals surface area contributed by atoms with Crippen LogP contribution in [-0.4, -0.2) is 19.6 Å². The molecule has 0 radical (unpaired) electrons. The van der Waals surface area contributed by atoms with E-state index in [2.05, 4.69) is 16.8 Å². The molecule has 0 heterocycles. The molecule has 0 aromatic rings. The minimum atomic E-state index is -3.41. The van der Waals surface area contributed by atoms with E-state index in [0.717, 1.165) is 0 Å². The Hall–Kier alpha value is 0.260. The second-order valence-corrected chi connectivity index (χ2v) is 4.94. The molecular formula is C6H14O3S2. The molecule has 0 aliphatic rings. The topological polar surface area (TPSA) is 43.4 Å². The molecule has 1 atom stereocenters. The van der Waals surface area contributed by atoms with Crippen molar-refractivity contribution >= 4 is 22.7 Å². The van der Waals surface area contributed by atoms with Gasteiger partial charge in [0.05, 0.1) is 6.61 Å². The number of hydrogen-bond acceptors (Lipinski definition) is 4. The van der Waals surface area contributed by atoms with E-state index in [-0.39, 0.29) is 6.61 Å². The third kappa shape index (κ3) is 3.98. The van der Waals surface area contributed by atoms with Crippen LogP contribution in [-0.2, 0) is 14.3 Å². The SMILES string of the molecule is CCCOS(=O)(=O)C(S)CC. The van der Waals surface area contributed by atoms with Crippen LogP contribution in [0.25, 0.3) is 0 Å². The first-order chi connectivity index (χ1) is 5.04. The Morgan fingerprint density at radius 1 is 1.45 bits per heavy atom. The fourth-order valence-electron chi connectivity index (χ4n) is 0.482. The van der Waals surface area contributed by atoms with Crippen LogP contribution in [0.1, 0.15) is 26.7 Å². The largest absolute Gasteiger partial charge is 0.279 e. The molecule has 0 aliphatic carbocycles. The van der Waals surface area contributed by atoms with Crippen LogP contribution in [0.5, 0.6) is 0 Å². The normalized spacial score (nSPS) is 14.8. The summed E-state index contributed by atoms with van der Waals surface area (Å²) in [6, 6.07) is 0. The van der Waals surface area contributed by atoms with Crippen molar-refractivity contribution in [2.24, 2.45) is 0 Å². The van der Waals surface area contributed by atoms with Crippen LogP contribution in [0.2, 0.25) is 0 Å². The monoisotopic (exact) mass is 198 g/mol. The van der Waals surface area contributed by atoms with Crippen LogP contribution >= 0.6 is 12.6 Å². The van der Waals surface area contributed by atoms with Gasteiger partial charge in [0.15, 0.2) is 0 Å². The Balaban J connectivity index is 4.01. The molecule has 0 aromatic heterocycles. The summed E-state index contributed by atoms with van der Waals surface area (Å²) in [5.41, 5.74) is 0. The molecule has 0 aromatic carbocycles. The molecule has 3 nitrogen and oxygen atoms in total. The van der Waals surface area contributed by atoms with E-state index in [1.807, 2.05) is 6.92 Å². The standard InChI is InChI=1S/C6H14O3S2/c1-3-5-9-11(7,8)6(10)4-2/h6,10H,3-5H2,1-2H3. The van der Waals surface area contributed by atoms with Crippen molar-refractivity contribution in [2.75, 3.05) is 6.61 Å². The minimum absolute atomic E-state index is 0.249. The molecule has 11 heavy (non-hydrogen) atoms. The maximum absolute atomic E-state index is 11.0. The average Bonchev–Trinajstić information content (AvgIpc) is 1.99. The zero-order valence-electron chi connectivity index (χ0n) is 6.78. The average molecular weight is 198 g/mol. The van der Waals surface area contributed by atoms with Gasteiger partial charge in [-0.15, -0.1) is 0 Å². The molecule has 0 rings (SSSR count). The molecule has 1 unspecified atom stereocenters. The summed E-state index contributed by atoms with van der Waals surface area (Å²) in [6.45, 7) is 3.86. The zero-order chi connectivity index (χ0) is 8.91. The Morgan fingerprint density at radius 3 is 2.36 bits per heavy atom. The van der Waals surface area contributed by atoms with Crippen molar-refractivity contribution in [1.82, 2.24) is 0 Å². The molecule has 0 aliphatic heterocycles. The molecule has 0 spiro atoms. The van der Waals surface area contributed by atoms with Crippen LogP contribution in [0.4, 0.5) is 0 Å². The first-order valence-electron chi connectivity index (χ1n) is 3.61. The van der Waals surface area contributed by atoms with Crippen molar-refractivity contribution in [1.29, 1.82) is 0 Å². The van der Waals surface area contributed by atoms with Gasteiger partial charge in [-0.1, -0.05) is 13.8 Å². The van der Waals surface area contributed by atoms with Crippen LogP contribution in [0, 0.1) is 0 Å². The maximum Gasteiger partial charge on any atom is 0.279 e. The molecule has 0 N–H and O–H groups in total. The van der Waals surface area contributed by atoms with Crippen molar-refractivity contribution in [3.63, 3.8) is 0 Å². The van der Waals surface area contributed by atoms with Gasteiger partial charge >= 0.3 is 0 Å². The summed E-state index contributed by atoms with van der Waals surface area (Å²) >= 11 is 3.87. The predicted molar refractivity (Wildman–Crippen MR) is 48.2 cm³/mol. The summed E-state index contributed by atoms with van der Waals surface area (Å²) in [4.78, 5) is 0. The second kappa shape index (κ2) is 5.00. The first-order valence-corrected chi connectivity index (χ1v) is 5.59. The number of hydrogen-bond donors (Lipinski definition) is 1. The van der Waals surface area contributed by atoms with Crippen LogP contribution < -0.4 is 0 Å². The highest BCUT2D eigenvalue weighted by Crippen LogP contribution is 2.11. The van der Waals surface area contributed by atoms with Gasteiger partial charge < -0.3 is 0 Å². The lowest BCUT2D eigenvalue weighted by atomic mass is 10.5. The molecule has 5 heteroatoms. The minimum Gasteiger partial charge on any atom is -0.269 e. The van der Waals surface area contributed by atoms with E-state index in [1.165, 1.54) is 0 Å². The van der Waals surface area contributed by atoms with E-state index >= 15 is 0 Å².